The van der Waals surface area contributed by atoms with Crippen LogP contribution < -0.4 is 0 Å². The first-order chi connectivity index (χ1) is 10.8. The molecule has 2 nitrogen and oxygen atoms in total. The number of hydrogen-bond donors (Lipinski definition) is 2. The zero-order valence-corrected chi connectivity index (χ0v) is 12.4. The maximum Gasteiger partial charge on any atom is 0.0681 e. The van der Waals surface area contributed by atoms with E-state index >= 15 is 0 Å². The topological polar surface area (TPSA) is 40.5 Å². The van der Waals surface area contributed by atoms with E-state index in [1.54, 1.807) is 0 Å². The molecule has 0 aliphatic heterocycles. The number of aliphatic hydroxyl groups excluding tert-OH is 2. The summed E-state index contributed by atoms with van der Waals surface area (Å²) in [4.78, 5) is 0. The summed E-state index contributed by atoms with van der Waals surface area (Å²) >= 11 is 0. The second-order valence-corrected chi connectivity index (χ2v) is 4.90. The summed E-state index contributed by atoms with van der Waals surface area (Å²) in [5.41, 5.74) is 4.04. The minimum Gasteiger partial charge on any atom is -0.392 e. The van der Waals surface area contributed by atoms with Crippen LogP contribution >= 0.6 is 0 Å². The third kappa shape index (κ3) is 5.17. The predicted octanol–water partition coefficient (Wildman–Crippen LogP) is 3.95. The number of allylic oxidation sites excluding steroid dienone is 4. The zero-order chi connectivity index (χ0) is 15.6. The van der Waals surface area contributed by atoms with E-state index in [-0.39, 0.29) is 13.2 Å². The second kappa shape index (κ2) is 8.78. The lowest BCUT2D eigenvalue weighted by molar-refractivity contribution is 0.281. The summed E-state index contributed by atoms with van der Waals surface area (Å²) in [6.45, 7) is 0.155. The molecule has 2 aromatic carbocycles. The summed E-state index contributed by atoms with van der Waals surface area (Å²) in [6, 6.07) is 15.6. The fourth-order valence-corrected chi connectivity index (χ4v) is 1.93. The first-order valence-electron chi connectivity index (χ1n) is 7.23. The van der Waals surface area contributed by atoms with Crippen molar-refractivity contribution in [2.45, 2.75) is 13.2 Å². The Hall–Kier alpha value is -2.42. The lowest BCUT2D eigenvalue weighted by Gasteiger charge is -1.96. The van der Waals surface area contributed by atoms with Crippen molar-refractivity contribution in [3.8, 4) is 0 Å². The molecule has 2 aromatic rings. The van der Waals surface area contributed by atoms with Crippen molar-refractivity contribution in [3.05, 3.63) is 95.1 Å². The average Bonchev–Trinajstić information content (AvgIpc) is 2.59. The molecule has 0 bridgehead atoms. The highest BCUT2D eigenvalue weighted by Gasteiger charge is 1.89. The predicted molar refractivity (Wildman–Crippen MR) is 91.9 cm³/mol. The standard InChI is InChI=1S/C20H20O2/c21-15-19-11-7-17(8-12-19)5-3-1-2-4-6-18-9-13-20(16-22)14-10-18/h1-14,21-22H,15-16H2/b2-1+,5-3+,6-4+. The van der Waals surface area contributed by atoms with Crippen molar-refractivity contribution >= 4 is 12.2 Å². The highest BCUT2D eigenvalue weighted by molar-refractivity contribution is 5.54. The molecule has 0 unspecified atom stereocenters. The smallest absolute Gasteiger partial charge is 0.0681 e. The molecule has 112 valence electrons. The van der Waals surface area contributed by atoms with Crippen molar-refractivity contribution in [3.63, 3.8) is 0 Å². The van der Waals surface area contributed by atoms with Crippen molar-refractivity contribution in [2.24, 2.45) is 0 Å². The fourth-order valence-electron chi connectivity index (χ4n) is 1.93. The second-order valence-electron chi connectivity index (χ2n) is 4.90. The Kier molecular flexibility index (Phi) is 6.37. The van der Waals surface area contributed by atoms with Crippen molar-refractivity contribution < 1.29 is 10.2 Å². The monoisotopic (exact) mass is 292 g/mol. The van der Waals surface area contributed by atoms with E-state index in [0.717, 1.165) is 22.3 Å². The molecule has 0 atom stereocenters. The molecule has 2 heteroatoms. The first-order valence-corrected chi connectivity index (χ1v) is 7.23. The van der Waals surface area contributed by atoms with Crippen LogP contribution in [0, 0.1) is 0 Å². The van der Waals surface area contributed by atoms with Gasteiger partial charge in [0, 0.05) is 0 Å². The quantitative estimate of drug-likeness (QED) is 0.791. The maximum atomic E-state index is 8.98. The van der Waals surface area contributed by atoms with Crippen LogP contribution in [-0.2, 0) is 13.2 Å². The molecule has 0 aromatic heterocycles. The van der Waals surface area contributed by atoms with Crippen LogP contribution in [0.2, 0.25) is 0 Å². The Labute approximate surface area is 131 Å². The van der Waals surface area contributed by atoms with Gasteiger partial charge in [-0.2, -0.15) is 0 Å². The molecule has 22 heavy (non-hydrogen) atoms. The zero-order valence-electron chi connectivity index (χ0n) is 12.4. The SMILES string of the molecule is OCc1ccc(/C=C/C=C/C=C/c2ccc(CO)cc2)cc1. The molecular formula is C20H20O2. The minimum absolute atomic E-state index is 0.0774. The number of hydrogen-bond acceptors (Lipinski definition) is 2. The van der Waals surface area contributed by atoms with E-state index in [2.05, 4.69) is 0 Å². The van der Waals surface area contributed by atoms with Gasteiger partial charge in [-0.05, 0) is 22.3 Å². The Bertz CT molecular complexity index is 588. The van der Waals surface area contributed by atoms with Gasteiger partial charge in [0.05, 0.1) is 13.2 Å². The largest absolute Gasteiger partial charge is 0.392 e. The van der Waals surface area contributed by atoms with Crippen LogP contribution in [0.1, 0.15) is 22.3 Å². The molecule has 0 aliphatic carbocycles. The van der Waals surface area contributed by atoms with Gasteiger partial charge in [0.25, 0.3) is 0 Å². The Morgan fingerprint density at radius 2 is 0.909 bits per heavy atom. The lowest BCUT2D eigenvalue weighted by Crippen LogP contribution is -1.81. The molecule has 0 amide bonds. The summed E-state index contributed by atoms with van der Waals surface area (Å²) in [6.07, 6.45) is 11.9. The average molecular weight is 292 g/mol. The molecule has 0 saturated heterocycles. The minimum atomic E-state index is 0.0774. The van der Waals surface area contributed by atoms with E-state index in [1.807, 2.05) is 85.0 Å². The molecule has 0 radical (unpaired) electrons. The van der Waals surface area contributed by atoms with Gasteiger partial charge < -0.3 is 10.2 Å². The van der Waals surface area contributed by atoms with Gasteiger partial charge in [-0.25, -0.2) is 0 Å². The normalized spacial score (nSPS) is 11.9. The third-order valence-corrected chi connectivity index (χ3v) is 3.24. The van der Waals surface area contributed by atoms with Gasteiger partial charge in [0.1, 0.15) is 0 Å². The van der Waals surface area contributed by atoms with Gasteiger partial charge in [-0.1, -0.05) is 85.0 Å². The van der Waals surface area contributed by atoms with Crippen molar-refractivity contribution in [2.75, 3.05) is 0 Å². The maximum absolute atomic E-state index is 8.98. The highest BCUT2D eigenvalue weighted by atomic mass is 16.3. The van der Waals surface area contributed by atoms with Gasteiger partial charge in [0.15, 0.2) is 0 Å². The van der Waals surface area contributed by atoms with Crippen LogP contribution in [0.3, 0.4) is 0 Å². The van der Waals surface area contributed by atoms with Gasteiger partial charge in [-0.15, -0.1) is 0 Å². The third-order valence-electron chi connectivity index (χ3n) is 3.24. The van der Waals surface area contributed by atoms with Crippen molar-refractivity contribution in [1.29, 1.82) is 0 Å². The van der Waals surface area contributed by atoms with Gasteiger partial charge in [-0.3, -0.25) is 0 Å². The molecule has 0 heterocycles. The number of aliphatic hydroxyl groups is 2. The van der Waals surface area contributed by atoms with Crippen LogP contribution in [-0.4, -0.2) is 10.2 Å². The molecule has 0 fully saturated rings. The summed E-state index contributed by atoms with van der Waals surface area (Å²) in [5, 5.41) is 18.0. The fraction of sp³-hybridized carbons (Fsp3) is 0.100. The van der Waals surface area contributed by atoms with Crippen LogP contribution in [0.4, 0.5) is 0 Å². The molecule has 0 aliphatic rings. The van der Waals surface area contributed by atoms with Crippen LogP contribution in [0.15, 0.2) is 72.8 Å². The van der Waals surface area contributed by atoms with Gasteiger partial charge in [0.2, 0.25) is 0 Å². The molecule has 2 rings (SSSR count). The van der Waals surface area contributed by atoms with Crippen molar-refractivity contribution in [1.82, 2.24) is 0 Å². The Morgan fingerprint density at radius 3 is 1.23 bits per heavy atom. The highest BCUT2D eigenvalue weighted by Crippen LogP contribution is 2.07. The molecule has 0 saturated carbocycles. The summed E-state index contributed by atoms with van der Waals surface area (Å²) in [5.74, 6) is 0. The van der Waals surface area contributed by atoms with E-state index in [9.17, 15) is 0 Å². The van der Waals surface area contributed by atoms with E-state index in [4.69, 9.17) is 10.2 Å². The number of rotatable bonds is 6. The molecule has 0 spiro atoms. The molecular weight excluding hydrogens is 272 g/mol. The van der Waals surface area contributed by atoms with E-state index < -0.39 is 0 Å². The Balaban J connectivity index is 1.85. The van der Waals surface area contributed by atoms with E-state index in [0.29, 0.717) is 0 Å². The molecule has 2 N–H and O–H groups in total. The van der Waals surface area contributed by atoms with Gasteiger partial charge >= 0.3 is 0 Å². The van der Waals surface area contributed by atoms with Crippen LogP contribution in [0.25, 0.3) is 12.2 Å². The first kappa shape index (κ1) is 16.0. The Morgan fingerprint density at radius 1 is 0.545 bits per heavy atom. The van der Waals surface area contributed by atoms with E-state index in [1.165, 1.54) is 0 Å². The number of benzene rings is 2. The lowest BCUT2D eigenvalue weighted by atomic mass is 10.1. The summed E-state index contributed by atoms with van der Waals surface area (Å²) < 4.78 is 0. The summed E-state index contributed by atoms with van der Waals surface area (Å²) in [7, 11) is 0. The van der Waals surface area contributed by atoms with Crippen LogP contribution in [0.5, 0.6) is 0 Å².